The molecule has 0 bridgehead atoms. The summed E-state index contributed by atoms with van der Waals surface area (Å²) >= 11 is 6.28. The Labute approximate surface area is 140 Å². The van der Waals surface area contributed by atoms with Crippen LogP contribution in [0.15, 0.2) is 43.2 Å². The number of benzene rings is 1. The summed E-state index contributed by atoms with van der Waals surface area (Å²) in [6, 6.07) is 5.52. The van der Waals surface area contributed by atoms with Gasteiger partial charge >= 0.3 is 0 Å². The summed E-state index contributed by atoms with van der Waals surface area (Å²) in [6.45, 7) is 7.07. The lowest BCUT2D eigenvalue weighted by molar-refractivity contribution is -0.134. The molecule has 1 aromatic heterocycles. The van der Waals surface area contributed by atoms with Crippen LogP contribution in [0.1, 0.15) is 17.2 Å². The highest BCUT2D eigenvalue weighted by Gasteiger charge is 2.27. The van der Waals surface area contributed by atoms with E-state index in [1.807, 2.05) is 31.3 Å². The third-order valence-corrected chi connectivity index (χ3v) is 4.07. The number of hydrogen-bond donors (Lipinski definition) is 0. The van der Waals surface area contributed by atoms with Crippen LogP contribution in [-0.2, 0) is 9.53 Å². The largest absolute Gasteiger partial charge is 0.377 e. The first-order chi connectivity index (χ1) is 11.1. The van der Waals surface area contributed by atoms with Gasteiger partial charge in [0.15, 0.2) is 0 Å². The number of amides is 1. The minimum Gasteiger partial charge on any atom is -0.377 e. The number of halogens is 1. The molecule has 5 nitrogen and oxygen atoms in total. The number of aryl methyl sites for hydroxylation is 1. The van der Waals surface area contributed by atoms with E-state index >= 15 is 0 Å². The topological polar surface area (TPSA) is 47.4 Å². The highest BCUT2D eigenvalue weighted by Crippen LogP contribution is 2.29. The summed E-state index contributed by atoms with van der Waals surface area (Å²) in [5.74, 6) is -0.102. The first-order valence-electron chi connectivity index (χ1n) is 7.41. The second-order valence-corrected chi connectivity index (χ2v) is 5.97. The van der Waals surface area contributed by atoms with Crippen LogP contribution < -0.4 is 0 Å². The van der Waals surface area contributed by atoms with Crippen molar-refractivity contribution in [3.05, 3.63) is 59.4 Å². The zero-order chi connectivity index (χ0) is 16.4. The normalized spacial score (nSPS) is 18.0. The number of rotatable bonds is 3. The maximum absolute atomic E-state index is 12.1. The third-order valence-electron chi connectivity index (χ3n) is 3.85. The monoisotopic (exact) mass is 331 g/mol. The standard InChI is InChI=1S/C17H18ClN3O2/c1-3-17(22)20-4-5-23-11-16(20)13-6-14(18)8-15(7-13)21-10-12(2)9-19-21/h3,6-10,16H,1,4-5,11H2,2H3/t16-/m0/s1. The van der Waals surface area contributed by atoms with Gasteiger partial charge in [-0.15, -0.1) is 0 Å². The van der Waals surface area contributed by atoms with E-state index in [9.17, 15) is 4.79 Å². The number of ether oxygens (including phenoxy) is 1. The van der Waals surface area contributed by atoms with Gasteiger partial charge in [-0.2, -0.15) is 5.10 Å². The minimum absolute atomic E-state index is 0.102. The molecule has 23 heavy (non-hydrogen) atoms. The van der Waals surface area contributed by atoms with Crippen molar-refractivity contribution in [2.75, 3.05) is 19.8 Å². The Kier molecular flexibility index (Phi) is 4.50. The van der Waals surface area contributed by atoms with Gasteiger partial charge in [0.25, 0.3) is 0 Å². The van der Waals surface area contributed by atoms with E-state index in [0.717, 1.165) is 16.8 Å². The van der Waals surface area contributed by atoms with Gasteiger partial charge in [-0.1, -0.05) is 18.2 Å². The van der Waals surface area contributed by atoms with Gasteiger partial charge < -0.3 is 9.64 Å². The molecule has 2 heterocycles. The van der Waals surface area contributed by atoms with Gasteiger partial charge in [0.1, 0.15) is 0 Å². The molecule has 1 fully saturated rings. The summed E-state index contributed by atoms with van der Waals surface area (Å²) in [4.78, 5) is 13.9. The molecule has 120 valence electrons. The van der Waals surface area contributed by atoms with Crippen molar-refractivity contribution >= 4 is 17.5 Å². The maximum Gasteiger partial charge on any atom is 0.246 e. The number of aromatic nitrogens is 2. The first-order valence-corrected chi connectivity index (χ1v) is 7.79. The molecular formula is C17H18ClN3O2. The molecule has 6 heteroatoms. The minimum atomic E-state index is -0.177. The SMILES string of the molecule is C=CC(=O)N1CCOC[C@H]1c1cc(Cl)cc(-n2cc(C)cn2)c1. The molecule has 2 aromatic rings. The number of carbonyl (C=O) groups excluding carboxylic acids is 1. The fourth-order valence-corrected chi connectivity index (χ4v) is 2.97. The van der Waals surface area contributed by atoms with Gasteiger partial charge in [-0.05, 0) is 42.3 Å². The lowest BCUT2D eigenvalue weighted by Crippen LogP contribution is -2.42. The smallest absolute Gasteiger partial charge is 0.246 e. The average Bonchev–Trinajstić information content (AvgIpc) is 3.00. The highest BCUT2D eigenvalue weighted by atomic mass is 35.5. The fraction of sp³-hybridized carbons (Fsp3) is 0.294. The van der Waals surface area contributed by atoms with E-state index in [1.165, 1.54) is 6.08 Å². The zero-order valence-electron chi connectivity index (χ0n) is 12.9. The van der Waals surface area contributed by atoms with Crippen LogP contribution in [0, 0.1) is 6.92 Å². The second-order valence-electron chi connectivity index (χ2n) is 5.53. The fourth-order valence-electron chi connectivity index (χ4n) is 2.74. The molecule has 0 radical (unpaired) electrons. The molecule has 0 N–H and O–H groups in total. The third kappa shape index (κ3) is 3.30. The van der Waals surface area contributed by atoms with E-state index in [1.54, 1.807) is 15.8 Å². The molecular weight excluding hydrogens is 314 g/mol. The van der Waals surface area contributed by atoms with Gasteiger partial charge in [-0.3, -0.25) is 4.79 Å². The number of carbonyl (C=O) groups is 1. The van der Waals surface area contributed by atoms with Crippen LogP contribution in [-0.4, -0.2) is 40.3 Å². The van der Waals surface area contributed by atoms with Crippen LogP contribution in [0.3, 0.4) is 0 Å². The molecule has 3 rings (SSSR count). The quantitative estimate of drug-likeness (QED) is 0.812. The predicted octanol–water partition coefficient (Wildman–Crippen LogP) is 2.92. The van der Waals surface area contributed by atoms with E-state index in [-0.39, 0.29) is 11.9 Å². The number of nitrogens with zero attached hydrogens (tertiary/aromatic N) is 3. The lowest BCUT2D eigenvalue weighted by atomic mass is 10.0. The average molecular weight is 332 g/mol. The van der Waals surface area contributed by atoms with E-state index in [2.05, 4.69) is 11.7 Å². The Bertz CT molecular complexity index is 741. The molecule has 0 spiro atoms. The molecule has 0 saturated carbocycles. The summed E-state index contributed by atoms with van der Waals surface area (Å²) < 4.78 is 7.33. The van der Waals surface area contributed by atoms with Crippen molar-refractivity contribution in [2.24, 2.45) is 0 Å². The zero-order valence-corrected chi connectivity index (χ0v) is 13.7. The van der Waals surface area contributed by atoms with Gasteiger partial charge in [0.2, 0.25) is 5.91 Å². The maximum atomic E-state index is 12.1. The highest BCUT2D eigenvalue weighted by molar-refractivity contribution is 6.30. The first kappa shape index (κ1) is 15.8. The predicted molar refractivity (Wildman–Crippen MR) is 88.8 cm³/mol. The molecule has 1 amide bonds. The molecule has 0 aliphatic carbocycles. The van der Waals surface area contributed by atoms with E-state index in [0.29, 0.717) is 24.8 Å². The van der Waals surface area contributed by atoms with Gasteiger partial charge in [0, 0.05) is 17.8 Å². The molecule has 1 aromatic carbocycles. The van der Waals surface area contributed by atoms with Gasteiger partial charge in [0.05, 0.1) is 31.1 Å². The van der Waals surface area contributed by atoms with Crippen molar-refractivity contribution in [2.45, 2.75) is 13.0 Å². The van der Waals surface area contributed by atoms with Crippen molar-refractivity contribution in [3.8, 4) is 5.69 Å². The molecule has 1 saturated heterocycles. The van der Waals surface area contributed by atoms with Crippen LogP contribution in [0.2, 0.25) is 5.02 Å². The molecule has 1 atom stereocenters. The number of morpholine rings is 1. The van der Waals surface area contributed by atoms with Crippen molar-refractivity contribution < 1.29 is 9.53 Å². The van der Waals surface area contributed by atoms with Crippen molar-refractivity contribution in [3.63, 3.8) is 0 Å². The molecule has 1 aliphatic heterocycles. The summed E-state index contributed by atoms with van der Waals surface area (Å²) in [5.41, 5.74) is 2.85. The number of hydrogen-bond acceptors (Lipinski definition) is 3. The van der Waals surface area contributed by atoms with E-state index in [4.69, 9.17) is 16.3 Å². The van der Waals surface area contributed by atoms with Gasteiger partial charge in [-0.25, -0.2) is 4.68 Å². The molecule has 0 unspecified atom stereocenters. The van der Waals surface area contributed by atoms with Crippen molar-refractivity contribution in [1.82, 2.24) is 14.7 Å². The Morgan fingerprint density at radius 3 is 3.00 bits per heavy atom. The Morgan fingerprint density at radius 2 is 2.30 bits per heavy atom. The lowest BCUT2D eigenvalue weighted by Gasteiger charge is -2.35. The summed E-state index contributed by atoms with van der Waals surface area (Å²) in [5, 5.41) is 4.91. The summed E-state index contributed by atoms with van der Waals surface area (Å²) in [6.07, 6.45) is 5.05. The molecule has 1 aliphatic rings. The summed E-state index contributed by atoms with van der Waals surface area (Å²) in [7, 11) is 0. The van der Waals surface area contributed by atoms with Crippen molar-refractivity contribution in [1.29, 1.82) is 0 Å². The van der Waals surface area contributed by atoms with Crippen LogP contribution in [0.4, 0.5) is 0 Å². The second kappa shape index (κ2) is 6.56. The Morgan fingerprint density at radius 1 is 1.48 bits per heavy atom. The van der Waals surface area contributed by atoms with Crippen LogP contribution in [0.25, 0.3) is 5.69 Å². The van der Waals surface area contributed by atoms with Crippen LogP contribution in [0.5, 0.6) is 0 Å². The van der Waals surface area contributed by atoms with E-state index < -0.39 is 0 Å². The Hall–Kier alpha value is -2.11. The Balaban J connectivity index is 1.99. The van der Waals surface area contributed by atoms with Crippen LogP contribution >= 0.6 is 11.6 Å².